The Morgan fingerprint density at radius 2 is 1.92 bits per heavy atom. The summed E-state index contributed by atoms with van der Waals surface area (Å²) < 4.78 is 32.7. The van der Waals surface area contributed by atoms with Crippen LogP contribution in [0.1, 0.15) is 18.3 Å². The van der Waals surface area contributed by atoms with Gasteiger partial charge in [0.15, 0.2) is 5.65 Å². The zero-order chi connectivity index (χ0) is 17.5. The van der Waals surface area contributed by atoms with Crippen LogP contribution in [0.15, 0.2) is 40.1 Å². The maximum absolute atomic E-state index is 13.1. The topological polar surface area (TPSA) is 73.6 Å². The van der Waals surface area contributed by atoms with Crippen molar-refractivity contribution >= 4 is 27.1 Å². The van der Waals surface area contributed by atoms with Crippen molar-refractivity contribution in [3.63, 3.8) is 0 Å². The second kappa shape index (κ2) is 6.07. The van der Waals surface area contributed by atoms with Crippen LogP contribution in [0.2, 0.25) is 5.15 Å². The van der Waals surface area contributed by atoms with E-state index >= 15 is 0 Å². The van der Waals surface area contributed by atoms with Gasteiger partial charge in [0.25, 0.3) is 0 Å². The normalized spacial score (nSPS) is 11.8. The number of hydrogen-bond acceptors (Lipinski definition) is 5. The Morgan fingerprint density at radius 3 is 2.50 bits per heavy atom. The SMILES string of the molecule is CCc1nn2c(Cl)cc(C)nc2c1S(=O)(=O)c1ccc(OC)cc1. The lowest BCUT2D eigenvalue weighted by Crippen LogP contribution is -2.05. The molecule has 0 saturated carbocycles. The van der Waals surface area contributed by atoms with E-state index in [2.05, 4.69) is 10.1 Å². The van der Waals surface area contributed by atoms with Gasteiger partial charge in [-0.1, -0.05) is 18.5 Å². The largest absolute Gasteiger partial charge is 0.497 e. The van der Waals surface area contributed by atoms with Gasteiger partial charge in [0.1, 0.15) is 15.8 Å². The quantitative estimate of drug-likeness (QED) is 0.664. The van der Waals surface area contributed by atoms with Crippen LogP contribution in [-0.2, 0) is 16.3 Å². The van der Waals surface area contributed by atoms with Gasteiger partial charge in [-0.25, -0.2) is 17.9 Å². The maximum atomic E-state index is 13.1. The summed E-state index contributed by atoms with van der Waals surface area (Å²) >= 11 is 6.19. The number of hydrogen-bond donors (Lipinski definition) is 0. The molecule has 0 saturated heterocycles. The molecule has 2 aromatic heterocycles. The number of ether oxygens (including phenoxy) is 1. The molecule has 0 aliphatic carbocycles. The number of nitrogens with zero attached hydrogens (tertiary/aromatic N) is 3. The molecule has 8 heteroatoms. The number of fused-ring (bicyclic) bond motifs is 1. The minimum atomic E-state index is -3.78. The zero-order valence-corrected chi connectivity index (χ0v) is 15.0. The zero-order valence-electron chi connectivity index (χ0n) is 13.4. The highest BCUT2D eigenvalue weighted by Crippen LogP contribution is 2.30. The number of benzene rings is 1. The molecule has 0 N–H and O–H groups in total. The number of methoxy groups -OCH3 is 1. The Morgan fingerprint density at radius 1 is 1.25 bits per heavy atom. The standard InChI is InChI=1S/C16H16ClN3O3S/c1-4-13-15(16-18-10(2)9-14(17)20(16)19-13)24(21,22)12-7-5-11(23-3)6-8-12/h5-9H,4H2,1-3H3. The van der Waals surface area contributed by atoms with Gasteiger partial charge in [-0.15, -0.1) is 0 Å². The van der Waals surface area contributed by atoms with E-state index in [0.717, 1.165) is 0 Å². The Kier molecular flexibility index (Phi) is 4.23. The van der Waals surface area contributed by atoms with E-state index in [1.165, 1.54) is 23.8 Å². The third-order valence-electron chi connectivity index (χ3n) is 3.67. The average molecular weight is 366 g/mol. The van der Waals surface area contributed by atoms with Crippen LogP contribution in [0.4, 0.5) is 0 Å². The van der Waals surface area contributed by atoms with E-state index in [4.69, 9.17) is 16.3 Å². The average Bonchev–Trinajstić information content (AvgIpc) is 2.94. The third kappa shape index (κ3) is 2.63. The lowest BCUT2D eigenvalue weighted by atomic mass is 10.3. The van der Waals surface area contributed by atoms with Gasteiger partial charge in [0.05, 0.1) is 17.7 Å². The van der Waals surface area contributed by atoms with E-state index in [1.807, 2.05) is 6.92 Å². The van der Waals surface area contributed by atoms with Gasteiger partial charge in [-0.2, -0.15) is 5.10 Å². The fourth-order valence-electron chi connectivity index (χ4n) is 2.50. The van der Waals surface area contributed by atoms with Crippen molar-refractivity contribution in [3.05, 3.63) is 46.9 Å². The predicted octanol–water partition coefficient (Wildman–Crippen LogP) is 3.09. The van der Waals surface area contributed by atoms with Crippen molar-refractivity contribution in [3.8, 4) is 5.75 Å². The highest BCUT2D eigenvalue weighted by molar-refractivity contribution is 7.91. The lowest BCUT2D eigenvalue weighted by Gasteiger charge is -2.06. The van der Waals surface area contributed by atoms with E-state index in [-0.39, 0.29) is 15.4 Å². The van der Waals surface area contributed by atoms with Crippen LogP contribution in [0, 0.1) is 6.92 Å². The van der Waals surface area contributed by atoms with Gasteiger partial charge in [-0.05, 0) is 43.7 Å². The minimum Gasteiger partial charge on any atom is -0.497 e. The van der Waals surface area contributed by atoms with E-state index < -0.39 is 9.84 Å². The van der Waals surface area contributed by atoms with Crippen LogP contribution in [0.25, 0.3) is 5.65 Å². The monoisotopic (exact) mass is 365 g/mol. The Hall–Kier alpha value is -2.12. The molecule has 0 spiro atoms. The lowest BCUT2D eigenvalue weighted by molar-refractivity contribution is 0.414. The molecule has 2 heterocycles. The summed E-state index contributed by atoms with van der Waals surface area (Å²) in [6, 6.07) is 7.87. The highest BCUT2D eigenvalue weighted by Gasteiger charge is 2.28. The summed E-state index contributed by atoms with van der Waals surface area (Å²) in [4.78, 5) is 4.60. The molecule has 0 bridgehead atoms. The van der Waals surface area contributed by atoms with Gasteiger partial charge in [0.2, 0.25) is 9.84 Å². The first-order valence-electron chi connectivity index (χ1n) is 7.32. The second-order valence-corrected chi connectivity index (χ2v) is 7.54. The summed E-state index contributed by atoms with van der Waals surface area (Å²) in [6.45, 7) is 3.60. The second-order valence-electron chi connectivity index (χ2n) is 5.26. The molecule has 0 aliphatic rings. The van der Waals surface area contributed by atoms with Crippen molar-refractivity contribution < 1.29 is 13.2 Å². The third-order valence-corrected chi connectivity index (χ3v) is 5.79. The first-order chi connectivity index (χ1) is 11.4. The van der Waals surface area contributed by atoms with Crippen molar-refractivity contribution in [2.24, 2.45) is 0 Å². The summed E-state index contributed by atoms with van der Waals surface area (Å²) in [7, 11) is -2.26. The maximum Gasteiger partial charge on any atom is 0.212 e. The summed E-state index contributed by atoms with van der Waals surface area (Å²) in [5.41, 5.74) is 1.31. The van der Waals surface area contributed by atoms with Gasteiger partial charge in [0, 0.05) is 5.69 Å². The number of rotatable bonds is 4. The molecule has 0 aliphatic heterocycles. The first kappa shape index (κ1) is 16.7. The summed E-state index contributed by atoms with van der Waals surface area (Å²) in [5, 5.41) is 4.64. The Bertz CT molecular complexity index is 1010. The van der Waals surface area contributed by atoms with Crippen molar-refractivity contribution in [2.45, 2.75) is 30.1 Å². The predicted molar refractivity (Wildman–Crippen MR) is 90.6 cm³/mol. The highest BCUT2D eigenvalue weighted by atomic mass is 35.5. The fraction of sp³-hybridized carbons (Fsp3) is 0.250. The van der Waals surface area contributed by atoms with Crippen molar-refractivity contribution in [1.29, 1.82) is 0 Å². The van der Waals surface area contributed by atoms with Crippen LogP contribution >= 0.6 is 11.6 Å². The molecular weight excluding hydrogens is 350 g/mol. The van der Waals surface area contributed by atoms with E-state index in [9.17, 15) is 8.42 Å². The fourth-order valence-corrected chi connectivity index (χ4v) is 4.37. The molecule has 24 heavy (non-hydrogen) atoms. The molecule has 1 aromatic carbocycles. The van der Waals surface area contributed by atoms with Gasteiger partial charge >= 0.3 is 0 Å². The van der Waals surface area contributed by atoms with Crippen molar-refractivity contribution in [2.75, 3.05) is 7.11 Å². The minimum absolute atomic E-state index is 0.0979. The van der Waals surface area contributed by atoms with Gasteiger partial charge < -0.3 is 4.74 Å². The van der Waals surface area contributed by atoms with Crippen LogP contribution in [0.3, 0.4) is 0 Å². The molecule has 0 radical (unpaired) electrons. The summed E-state index contributed by atoms with van der Waals surface area (Å²) in [6.07, 6.45) is 0.448. The van der Waals surface area contributed by atoms with Crippen LogP contribution in [0.5, 0.6) is 5.75 Å². The Balaban J connectivity index is 2.30. The van der Waals surface area contributed by atoms with Gasteiger partial charge in [-0.3, -0.25) is 0 Å². The van der Waals surface area contributed by atoms with Crippen LogP contribution < -0.4 is 4.74 Å². The molecule has 0 amide bonds. The molecular formula is C16H16ClN3O3S. The molecule has 3 rings (SSSR count). The molecule has 0 atom stereocenters. The molecule has 0 fully saturated rings. The number of sulfone groups is 1. The summed E-state index contributed by atoms with van der Waals surface area (Å²) in [5.74, 6) is 0.585. The number of aromatic nitrogens is 3. The molecule has 0 unspecified atom stereocenters. The first-order valence-corrected chi connectivity index (χ1v) is 9.18. The van der Waals surface area contributed by atoms with Crippen LogP contribution in [-0.4, -0.2) is 30.1 Å². The van der Waals surface area contributed by atoms with Crippen molar-refractivity contribution in [1.82, 2.24) is 14.6 Å². The Labute approximate surface area is 145 Å². The molecule has 126 valence electrons. The number of aryl methyl sites for hydroxylation is 2. The number of halogens is 1. The van der Waals surface area contributed by atoms with E-state index in [0.29, 0.717) is 28.7 Å². The smallest absolute Gasteiger partial charge is 0.212 e. The molecule has 3 aromatic rings. The van der Waals surface area contributed by atoms with E-state index in [1.54, 1.807) is 25.1 Å². The molecule has 6 nitrogen and oxygen atoms in total.